The van der Waals surface area contributed by atoms with Crippen LogP contribution in [0.4, 0.5) is 14.5 Å². The zero-order chi connectivity index (χ0) is 16.3. The van der Waals surface area contributed by atoms with Gasteiger partial charge in [-0.05, 0) is 24.6 Å². The number of anilines is 1. The van der Waals surface area contributed by atoms with Crippen molar-refractivity contribution in [2.45, 2.75) is 6.92 Å². The molecule has 114 valence electrons. The predicted molar refractivity (Wildman–Crippen MR) is 76.8 cm³/mol. The summed E-state index contributed by atoms with van der Waals surface area (Å²) in [4.78, 5) is 23.5. The first kappa shape index (κ1) is 15.6. The fourth-order valence-corrected chi connectivity index (χ4v) is 1.93. The van der Waals surface area contributed by atoms with Crippen LogP contribution in [0.2, 0.25) is 0 Å². The maximum absolute atomic E-state index is 13.8. The van der Waals surface area contributed by atoms with E-state index in [1.807, 2.05) is 0 Å². The molecule has 2 aromatic carbocycles. The quantitative estimate of drug-likeness (QED) is 0.885. The van der Waals surface area contributed by atoms with Gasteiger partial charge in [0.2, 0.25) is 0 Å². The van der Waals surface area contributed by atoms with Gasteiger partial charge >= 0.3 is 5.97 Å². The van der Waals surface area contributed by atoms with Crippen LogP contribution in [0.5, 0.6) is 0 Å². The number of carbonyl (C=O) groups excluding carboxylic acids is 2. The Morgan fingerprint density at radius 2 is 1.73 bits per heavy atom. The van der Waals surface area contributed by atoms with Gasteiger partial charge in [0.1, 0.15) is 11.6 Å². The van der Waals surface area contributed by atoms with Gasteiger partial charge in [0, 0.05) is 11.6 Å². The fraction of sp³-hybridized carbons (Fsp3) is 0.125. The van der Waals surface area contributed by atoms with Crippen molar-refractivity contribution < 1.29 is 23.1 Å². The third-order valence-corrected chi connectivity index (χ3v) is 3.10. The maximum atomic E-state index is 13.8. The number of aryl methyl sites for hydroxylation is 1. The number of nitrogens with one attached hydrogen (secondary N) is 1. The summed E-state index contributed by atoms with van der Waals surface area (Å²) in [5, 5.41) is 2.33. The van der Waals surface area contributed by atoms with E-state index in [2.05, 4.69) is 10.1 Å². The number of rotatable bonds is 3. The minimum Gasteiger partial charge on any atom is -0.465 e. The molecule has 0 fully saturated rings. The van der Waals surface area contributed by atoms with Gasteiger partial charge < -0.3 is 10.1 Å². The Hall–Kier alpha value is -2.76. The van der Waals surface area contributed by atoms with Crippen molar-refractivity contribution in [3.05, 3.63) is 64.7 Å². The lowest BCUT2D eigenvalue weighted by Gasteiger charge is -2.10. The Labute approximate surface area is 125 Å². The molecule has 0 aromatic heterocycles. The lowest BCUT2D eigenvalue weighted by Crippen LogP contribution is -2.15. The van der Waals surface area contributed by atoms with Crippen LogP contribution in [0.25, 0.3) is 0 Å². The monoisotopic (exact) mass is 305 g/mol. The van der Waals surface area contributed by atoms with E-state index < -0.39 is 29.1 Å². The molecule has 2 rings (SSSR count). The van der Waals surface area contributed by atoms with E-state index in [0.717, 1.165) is 13.2 Å². The molecular formula is C16H13F2NO3. The highest BCUT2D eigenvalue weighted by molar-refractivity contribution is 6.05. The highest BCUT2D eigenvalue weighted by Gasteiger charge is 2.18. The summed E-state index contributed by atoms with van der Waals surface area (Å²) in [6.07, 6.45) is 0. The normalized spacial score (nSPS) is 10.2. The van der Waals surface area contributed by atoms with Gasteiger partial charge in [0.15, 0.2) is 0 Å². The first-order chi connectivity index (χ1) is 10.4. The first-order valence-electron chi connectivity index (χ1n) is 6.38. The lowest BCUT2D eigenvalue weighted by atomic mass is 10.1. The molecule has 1 N–H and O–H groups in total. The van der Waals surface area contributed by atoms with E-state index in [1.54, 1.807) is 31.2 Å². The second kappa shape index (κ2) is 6.34. The van der Waals surface area contributed by atoms with E-state index in [0.29, 0.717) is 17.2 Å². The molecular weight excluding hydrogens is 292 g/mol. The average molecular weight is 305 g/mol. The van der Waals surface area contributed by atoms with Crippen molar-refractivity contribution in [2.75, 3.05) is 12.4 Å². The molecule has 0 saturated heterocycles. The van der Waals surface area contributed by atoms with Crippen molar-refractivity contribution >= 4 is 17.6 Å². The van der Waals surface area contributed by atoms with Crippen LogP contribution >= 0.6 is 0 Å². The van der Waals surface area contributed by atoms with Gasteiger partial charge in [-0.1, -0.05) is 18.2 Å². The minimum absolute atomic E-state index is 0.296. The molecule has 22 heavy (non-hydrogen) atoms. The summed E-state index contributed by atoms with van der Waals surface area (Å²) in [6, 6.07) is 8.18. The molecule has 0 bridgehead atoms. The van der Waals surface area contributed by atoms with Crippen molar-refractivity contribution in [3.8, 4) is 0 Å². The van der Waals surface area contributed by atoms with E-state index in [1.165, 1.54) is 0 Å². The minimum atomic E-state index is -1.06. The van der Waals surface area contributed by atoms with Gasteiger partial charge in [-0.25, -0.2) is 13.6 Å². The van der Waals surface area contributed by atoms with Gasteiger partial charge in [0.25, 0.3) is 5.91 Å². The molecule has 2 aromatic rings. The Morgan fingerprint density at radius 1 is 1.05 bits per heavy atom. The Morgan fingerprint density at radius 3 is 2.36 bits per heavy atom. The van der Waals surface area contributed by atoms with Crippen molar-refractivity contribution in [2.24, 2.45) is 0 Å². The SMILES string of the molecule is COC(=O)c1cc(NC(=O)c2ccccc2C)c(F)cc1F. The molecule has 0 aliphatic rings. The van der Waals surface area contributed by atoms with Crippen LogP contribution in [-0.4, -0.2) is 19.0 Å². The first-order valence-corrected chi connectivity index (χ1v) is 6.38. The lowest BCUT2D eigenvalue weighted by molar-refractivity contribution is 0.0595. The number of methoxy groups -OCH3 is 1. The maximum Gasteiger partial charge on any atom is 0.340 e. The van der Waals surface area contributed by atoms with Crippen molar-refractivity contribution in [3.63, 3.8) is 0 Å². The number of halogens is 2. The van der Waals surface area contributed by atoms with Crippen molar-refractivity contribution in [1.82, 2.24) is 0 Å². The molecule has 0 aliphatic heterocycles. The van der Waals surface area contributed by atoms with Crippen LogP contribution in [0, 0.1) is 18.6 Å². The van der Waals surface area contributed by atoms with Gasteiger partial charge in [-0.15, -0.1) is 0 Å². The molecule has 6 heteroatoms. The van der Waals surface area contributed by atoms with Crippen LogP contribution in [0.3, 0.4) is 0 Å². The summed E-state index contributed by atoms with van der Waals surface area (Å²) >= 11 is 0. The Bertz CT molecular complexity index is 744. The summed E-state index contributed by atoms with van der Waals surface area (Å²) in [5.74, 6) is -3.55. The third-order valence-electron chi connectivity index (χ3n) is 3.10. The zero-order valence-corrected chi connectivity index (χ0v) is 11.9. The highest BCUT2D eigenvalue weighted by Crippen LogP contribution is 2.21. The Kier molecular flexibility index (Phi) is 4.50. The molecule has 0 radical (unpaired) electrons. The molecule has 0 saturated carbocycles. The molecule has 0 unspecified atom stereocenters. The smallest absolute Gasteiger partial charge is 0.340 e. The topological polar surface area (TPSA) is 55.4 Å². The fourth-order valence-electron chi connectivity index (χ4n) is 1.93. The Balaban J connectivity index is 2.35. The van der Waals surface area contributed by atoms with Crippen LogP contribution in [-0.2, 0) is 4.74 Å². The van der Waals surface area contributed by atoms with E-state index in [9.17, 15) is 18.4 Å². The number of benzene rings is 2. The second-order valence-corrected chi connectivity index (χ2v) is 4.57. The van der Waals surface area contributed by atoms with Gasteiger partial charge in [0.05, 0.1) is 18.4 Å². The number of amides is 1. The van der Waals surface area contributed by atoms with E-state index in [4.69, 9.17) is 0 Å². The summed E-state index contributed by atoms with van der Waals surface area (Å²) < 4.78 is 31.7. The predicted octanol–water partition coefficient (Wildman–Crippen LogP) is 3.31. The number of hydrogen-bond acceptors (Lipinski definition) is 3. The molecule has 0 aliphatic carbocycles. The van der Waals surface area contributed by atoms with Gasteiger partial charge in [-0.2, -0.15) is 0 Å². The van der Waals surface area contributed by atoms with Crippen molar-refractivity contribution in [1.29, 1.82) is 0 Å². The van der Waals surface area contributed by atoms with E-state index >= 15 is 0 Å². The van der Waals surface area contributed by atoms with E-state index in [-0.39, 0.29) is 5.69 Å². The average Bonchev–Trinajstić information content (AvgIpc) is 2.49. The molecule has 1 amide bonds. The number of ether oxygens (including phenoxy) is 1. The summed E-state index contributed by atoms with van der Waals surface area (Å²) in [7, 11) is 1.08. The largest absolute Gasteiger partial charge is 0.465 e. The summed E-state index contributed by atoms with van der Waals surface area (Å²) in [6.45, 7) is 1.73. The standard InChI is InChI=1S/C16H13F2NO3/c1-9-5-3-4-6-10(9)15(20)19-14-7-11(16(21)22-2)12(17)8-13(14)18/h3-8H,1-2H3,(H,19,20). The molecule has 4 nitrogen and oxygen atoms in total. The van der Waals surface area contributed by atoms with Crippen LogP contribution in [0.15, 0.2) is 36.4 Å². The highest BCUT2D eigenvalue weighted by atomic mass is 19.1. The number of esters is 1. The molecule has 0 heterocycles. The number of hydrogen-bond donors (Lipinski definition) is 1. The zero-order valence-electron chi connectivity index (χ0n) is 11.9. The third kappa shape index (κ3) is 3.11. The van der Waals surface area contributed by atoms with Gasteiger partial charge in [-0.3, -0.25) is 4.79 Å². The molecule has 0 spiro atoms. The number of carbonyl (C=O) groups is 2. The van der Waals surface area contributed by atoms with Crippen LogP contribution < -0.4 is 5.32 Å². The van der Waals surface area contributed by atoms with Crippen LogP contribution in [0.1, 0.15) is 26.3 Å². The summed E-state index contributed by atoms with van der Waals surface area (Å²) in [5.41, 5.74) is 0.306. The second-order valence-electron chi connectivity index (χ2n) is 4.57. The molecule has 0 atom stereocenters.